The second-order valence-electron chi connectivity index (χ2n) is 11.4. The Labute approximate surface area is 204 Å². The van der Waals surface area contributed by atoms with Crippen molar-refractivity contribution in [2.24, 2.45) is 44.5 Å². The minimum Gasteiger partial charge on any atom is -0.396 e. The third-order valence-electron chi connectivity index (χ3n) is 9.11. The molecule has 5 atom stereocenters. The number of aliphatic hydroxyl groups excluding tert-OH is 1. The van der Waals surface area contributed by atoms with Gasteiger partial charge in [0.25, 0.3) is 0 Å². The van der Waals surface area contributed by atoms with Crippen LogP contribution in [0.5, 0.6) is 0 Å². The fourth-order valence-electron chi connectivity index (χ4n) is 7.12. The predicted molar refractivity (Wildman–Crippen MR) is 136 cm³/mol. The maximum absolute atomic E-state index is 10.00. The minimum absolute atomic E-state index is 0.174. The van der Waals surface area contributed by atoms with E-state index in [0.29, 0.717) is 29.0 Å². The number of benzene rings is 1. The van der Waals surface area contributed by atoms with Gasteiger partial charge >= 0.3 is 0 Å². The monoisotopic (exact) mass is 464 g/mol. The number of aliphatic imine (C=N–C) groups is 2. The van der Waals surface area contributed by atoms with Gasteiger partial charge in [-0.25, -0.2) is 9.59 Å². The molecule has 1 unspecified atom stereocenters. The van der Waals surface area contributed by atoms with Crippen LogP contribution in [0, 0.1) is 41.4 Å². The van der Waals surface area contributed by atoms with Crippen molar-refractivity contribution in [2.45, 2.75) is 79.6 Å². The average Bonchev–Trinajstić information content (AvgIpc) is 2.82. The topological polar surface area (TPSA) is 79.1 Å². The normalized spacial score (nSPS) is 32.1. The largest absolute Gasteiger partial charge is 0.396 e. The van der Waals surface area contributed by atoms with Crippen molar-refractivity contribution in [3.63, 3.8) is 0 Å². The van der Waals surface area contributed by atoms with Gasteiger partial charge in [-0.2, -0.15) is 9.98 Å². The molecular weight excluding hydrogens is 424 g/mol. The number of carbonyl (C=O) groups excluding carboxylic acids is 2. The summed E-state index contributed by atoms with van der Waals surface area (Å²) in [5, 5.41) is 10.00. The summed E-state index contributed by atoms with van der Waals surface area (Å²) in [6, 6.07) is 4.94. The van der Waals surface area contributed by atoms with E-state index in [4.69, 9.17) is 0 Å². The summed E-state index contributed by atoms with van der Waals surface area (Å²) in [7, 11) is 0. The molecule has 0 radical (unpaired) electrons. The lowest BCUT2D eigenvalue weighted by Crippen LogP contribution is -2.52. The van der Waals surface area contributed by atoms with Crippen molar-refractivity contribution in [3.05, 3.63) is 35.4 Å². The first kappa shape index (κ1) is 26.3. The highest BCUT2D eigenvalue weighted by Gasteiger charge is 2.54. The summed E-state index contributed by atoms with van der Waals surface area (Å²) in [6.45, 7) is 11.7. The Hall–Kier alpha value is -2.32. The number of allylic oxidation sites excluding steroid dienone is 2. The van der Waals surface area contributed by atoms with Gasteiger partial charge in [0, 0.05) is 12.2 Å². The number of fused-ring (bicyclic) bond motifs is 3. The van der Waals surface area contributed by atoms with Gasteiger partial charge in [-0.1, -0.05) is 51.8 Å². The molecule has 34 heavy (non-hydrogen) atoms. The smallest absolute Gasteiger partial charge is 0.240 e. The van der Waals surface area contributed by atoms with E-state index in [0.717, 1.165) is 23.7 Å². The molecule has 2 saturated carbocycles. The van der Waals surface area contributed by atoms with Crippen molar-refractivity contribution in [1.29, 1.82) is 0 Å². The number of isocyanates is 2. The molecule has 3 aliphatic carbocycles. The molecule has 1 aromatic rings. The summed E-state index contributed by atoms with van der Waals surface area (Å²) in [4.78, 5) is 26.9. The van der Waals surface area contributed by atoms with Gasteiger partial charge in [0.05, 0.1) is 11.4 Å². The number of hydrogen-bond acceptors (Lipinski definition) is 5. The fourth-order valence-corrected chi connectivity index (χ4v) is 7.12. The molecule has 0 spiro atoms. The van der Waals surface area contributed by atoms with Crippen LogP contribution in [0.3, 0.4) is 0 Å². The summed E-state index contributed by atoms with van der Waals surface area (Å²) >= 11 is 0. The second-order valence-corrected chi connectivity index (χ2v) is 11.4. The molecular formula is C29H40N2O3. The molecule has 0 saturated heterocycles. The molecule has 3 aliphatic rings. The SMILES string of the molecule is CC(C)C1C=C2CC[C@H]3[C@](C)(CO)CCC[C@]3(C)[C@H]2CC1.Cc1c(N=C=O)cccc1N=C=O. The highest BCUT2D eigenvalue weighted by molar-refractivity contribution is 5.64. The molecule has 5 heteroatoms. The van der Waals surface area contributed by atoms with Gasteiger partial charge < -0.3 is 5.11 Å². The lowest BCUT2D eigenvalue weighted by atomic mass is 9.45. The molecule has 5 nitrogen and oxygen atoms in total. The Bertz CT molecular complexity index is 966. The van der Waals surface area contributed by atoms with Crippen molar-refractivity contribution >= 4 is 23.5 Å². The van der Waals surface area contributed by atoms with E-state index in [1.807, 2.05) is 0 Å². The van der Waals surface area contributed by atoms with E-state index in [9.17, 15) is 14.7 Å². The van der Waals surface area contributed by atoms with Gasteiger partial charge in [0.2, 0.25) is 12.2 Å². The van der Waals surface area contributed by atoms with Crippen LogP contribution in [-0.4, -0.2) is 23.9 Å². The van der Waals surface area contributed by atoms with Crippen LogP contribution in [0.2, 0.25) is 0 Å². The quantitative estimate of drug-likeness (QED) is 0.292. The van der Waals surface area contributed by atoms with E-state index >= 15 is 0 Å². The van der Waals surface area contributed by atoms with Gasteiger partial charge in [-0.05, 0) is 92.1 Å². The lowest BCUT2D eigenvalue weighted by molar-refractivity contribution is -0.0888. The highest BCUT2D eigenvalue weighted by Crippen LogP contribution is 2.63. The molecule has 1 aromatic carbocycles. The molecule has 4 rings (SSSR count). The zero-order valence-corrected chi connectivity index (χ0v) is 21.4. The van der Waals surface area contributed by atoms with E-state index in [-0.39, 0.29) is 5.41 Å². The van der Waals surface area contributed by atoms with Crippen LogP contribution in [0.15, 0.2) is 39.8 Å². The summed E-state index contributed by atoms with van der Waals surface area (Å²) in [6.07, 6.45) is 14.8. The molecule has 184 valence electrons. The van der Waals surface area contributed by atoms with Crippen molar-refractivity contribution < 1.29 is 14.7 Å². The number of aliphatic hydroxyl groups is 1. The standard InChI is InChI=1S/C20H34O.C9H6N2O2/c1-14(2)15-6-8-17-16(12-15)7-9-18-19(3,13-21)10-5-11-20(17,18)4;1-7-8(10-5-12)3-2-4-9(7)11-6-13/h12,14-15,17-18,21H,5-11,13H2,1-4H3;2-4H,1H3/t15?,17-,18-,19-,20+;/m0./s1. The molecule has 0 aliphatic heterocycles. The Balaban J connectivity index is 0.000000215. The van der Waals surface area contributed by atoms with E-state index in [1.165, 1.54) is 57.1 Å². The second kappa shape index (κ2) is 11.0. The first-order valence-electron chi connectivity index (χ1n) is 12.8. The van der Waals surface area contributed by atoms with E-state index in [2.05, 4.69) is 43.8 Å². The van der Waals surface area contributed by atoms with Crippen LogP contribution < -0.4 is 0 Å². The van der Waals surface area contributed by atoms with Gasteiger partial charge in [0.1, 0.15) is 0 Å². The van der Waals surface area contributed by atoms with Crippen molar-refractivity contribution in [3.8, 4) is 0 Å². The van der Waals surface area contributed by atoms with E-state index < -0.39 is 0 Å². The first-order chi connectivity index (χ1) is 16.2. The zero-order valence-electron chi connectivity index (χ0n) is 21.4. The Morgan fingerprint density at radius 1 is 1.06 bits per heavy atom. The molecule has 0 heterocycles. The Kier molecular flexibility index (Phi) is 8.47. The summed E-state index contributed by atoms with van der Waals surface area (Å²) < 4.78 is 0. The Morgan fingerprint density at radius 2 is 1.71 bits per heavy atom. The minimum atomic E-state index is 0.174. The predicted octanol–water partition coefficient (Wildman–Crippen LogP) is 7.12. The molecule has 2 fully saturated rings. The molecule has 0 aromatic heterocycles. The molecule has 0 amide bonds. The maximum Gasteiger partial charge on any atom is 0.240 e. The van der Waals surface area contributed by atoms with Crippen LogP contribution in [0.25, 0.3) is 0 Å². The number of nitrogens with zero attached hydrogens (tertiary/aromatic N) is 2. The zero-order chi connectivity index (χ0) is 24.9. The summed E-state index contributed by atoms with van der Waals surface area (Å²) in [5.41, 5.74) is 3.99. The van der Waals surface area contributed by atoms with E-state index in [1.54, 1.807) is 30.7 Å². The van der Waals surface area contributed by atoms with Crippen LogP contribution >= 0.6 is 0 Å². The highest BCUT2D eigenvalue weighted by atomic mass is 16.3. The van der Waals surface area contributed by atoms with Gasteiger partial charge in [-0.3, -0.25) is 0 Å². The fraction of sp³-hybridized carbons (Fsp3) is 0.655. The lowest BCUT2D eigenvalue weighted by Gasteiger charge is -2.59. The first-order valence-corrected chi connectivity index (χ1v) is 12.8. The number of hydrogen-bond donors (Lipinski definition) is 1. The third-order valence-corrected chi connectivity index (χ3v) is 9.11. The Morgan fingerprint density at radius 3 is 2.26 bits per heavy atom. The van der Waals surface area contributed by atoms with Crippen LogP contribution in [0.4, 0.5) is 11.4 Å². The van der Waals surface area contributed by atoms with Crippen LogP contribution in [-0.2, 0) is 9.59 Å². The van der Waals surface area contributed by atoms with Gasteiger partial charge in [0.15, 0.2) is 0 Å². The maximum atomic E-state index is 10.00. The summed E-state index contributed by atoms with van der Waals surface area (Å²) in [5.74, 6) is 3.13. The van der Waals surface area contributed by atoms with Crippen molar-refractivity contribution in [2.75, 3.05) is 6.61 Å². The average molecular weight is 465 g/mol. The molecule has 1 N–H and O–H groups in total. The van der Waals surface area contributed by atoms with Crippen molar-refractivity contribution in [1.82, 2.24) is 0 Å². The molecule has 0 bridgehead atoms. The van der Waals surface area contributed by atoms with Gasteiger partial charge in [-0.15, -0.1) is 0 Å². The number of rotatable bonds is 4. The third kappa shape index (κ3) is 5.18. The van der Waals surface area contributed by atoms with Crippen LogP contribution in [0.1, 0.15) is 78.2 Å².